The van der Waals surface area contributed by atoms with Gasteiger partial charge in [-0.1, -0.05) is 13.8 Å². The molecule has 2 aromatic rings. The Labute approximate surface area is 123 Å². The Bertz CT molecular complexity index is 525. The van der Waals surface area contributed by atoms with Crippen LogP contribution in [0, 0.1) is 0 Å². The van der Waals surface area contributed by atoms with E-state index in [-0.39, 0.29) is 0 Å². The molecule has 0 amide bonds. The van der Waals surface area contributed by atoms with Crippen molar-refractivity contribution in [3.63, 3.8) is 0 Å². The Morgan fingerprint density at radius 1 is 1.37 bits per heavy atom. The molecule has 0 bridgehead atoms. The molecule has 0 N–H and O–H groups in total. The molecule has 19 heavy (non-hydrogen) atoms. The highest BCUT2D eigenvalue weighted by molar-refractivity contribution is 7.07. The van der Waals surface area contributed by atoms with Crippen molar-refractivity contribution in [2.24, 2.45) is 0 Å². The lowest BCUT2D eigenvalue weighted by Crippen LogP contribution is -2.18. The fourth-order valence-electron chi connectivity index (χ4n) is 1.80. The van der Waals surface area contributed by atoms with Gasteiger partial charge in [0.1, 0.15) is 5.82 Å². The molecule has 0 aliphatic heterocycles. The molecule has 0 aliphatic carbocycles. The van der Waals surface area contributed by atoms with E-state index in [1.807, 2.05) is 18.6 Å². The molecular weight excluding hydrogens is 278 g/mol. The lowest BCUT2D eigenvalue weighted by atomic mass is 10.1. The monoisotopic (exact) mass is 295 g/mol. The van der Waals surface area contributed by atoms with Crippen molar-refractivity contribution in [1.29, 1.82) is 0 Å². The summed E-state index contributed by atoms with van der Waals surface area (Å²) in [5.74, 6) is 1.87. The summed E-state index contributed by atoms with van der Waals surface area (Å²) in [5.41, 5.74) is 5.11. The molecule has 0 aliphatic rings. The van der Waals surface area contributed by atoms with Gasteiger partial charge in [-0.3, -0.25) is 0 Å². The number of pyridine rings is 1. The number of hydrogen-bond donors (Lipinski definition) is 0. The molecule has 0 saturated carbocycles. The van der Waals surface area contributed by atoms with Crippen molar-refractivity contribution < 1.29 is 0 Å². The Hall–Kier alpha value is -1.13. The van der Waals surface area contributed by atoms with E-state index in [9.17, 15) is 0 Å². The highest BCUT2D eigenvalue weighted by atomic mass is 35.5. The summed E-state index contributed by atoms with van der Waals surface area (Å²) in [6.45, 7) is 5.05. The topological polar surface area (TPSA) is 29.0 Å². The van der Waals surface area contributed by atoms with Crippen LogP contribution < -0.4 is 4.90 Å². The first-order chi connectivity index (χ1) is 9.10. The fraction of sp³-hybridized carbons (Fsp3) is 0.429. The van der Waals surface area contributed by atoms with Gasteiger partial charge in [0.2, 0.25) is 0 Å². The number of rotatable bonds is 5. The van der Waals surface area contributed by atoms with E-state index in [4.69, 9.17) is 16.6 Å². The predicted octanol–water partition coefficient (Wildman–Crippen LogP) is 4.04. The fourth-order valence-corrected chi connectivity index (χ4v) is 2.51. The van der Waals surface area contributed by atoms with E-state index in [1.54, 1.807) is 11.3 Å². The summed E-state index contributed by atoms with van der Waals surface area (Å²) in [7, 11) is 2.03. The molecule has 3 nitrogen and oxygen atoms in total. The third-order valence-corrected chi connectivity index (χ3v) is 3.85. The molecule has 0 aromatic carbocycles. The molecule has 2 rings (SSSR count). The highest BCUT2D eigenvalue weighted by Crippen LogP contribution is 2.21. The van der Waals surface area contributed by atoms with Crippen LogP contribution in [0.2, 0.25) is 0 Å². The lowest BCUT2D eigenvalue weighted by Gasteiger charge is -2.19. The number of anilines is 1. The molecule has 2 heterocycles. The van der Waals surface area contributed by atoms with Crippen LogP contribution in [-0.2, 0) is 12.4 Å². The van der Waals surface area contributed by atoms with E-state index >= 15 is 0 Å². The maximum Gasteiger partial charge on any atom is 0.129 e. The quantitative estimate of drug-likeness (QED) is 0.780. The Balaban J connectivity index is 2.24. The third-order valence-electron chi connectivity index (χ3n) is 2.91. The van der Waals surface area contributed by atoms with Gasteiger partial charge in [0.25, 0.3) is 0 Å². The number of thiazole rings is 1. The van der Waals surface area contributed by atoms with Crippen molar-refractivity contribution in [2.45, 2.75) is 32.2 Å². The third kappa shape index (κ3) is 3.67. The zero-order chi connectivity index (χ0) is 13.8. The van der Waals surface area contributed by atoms with Crippen molar-refractivity contribution in [1.82, 2.24) is 9.97 Å². The van der Waals surface area contributed by atoms with Crippen LogP contribution in [0.15, 0.2) is 23.0 Å². The van der Waals surface area contributed by atoms with Crippen LogP contribution in [0.25, 0.3) is 0 Å². The van der Waals surface area contributed by atoms with Crippen LogP contribution in [0.1, 0.15) is 36.7 Å². The van der Waals surface area contributed by atoms with Crippen LogP contribution in [0.5, 0.6) is 0 Å². The van der Waals surface area contributed by atoms with Crippen LogP contribution in [0.3, 0.4) is 0 Å². The number of halogens is 1. The van der Waals surface area contributed by atoms with Gasteiger partial charge in [-0.25, -0.2) is 9.97 Å². The highest BCUT2D eigenvalue weighted by Gasteiger charge is 2.10. The van der Waals surface area contributed by atoms with Gasteiger partial charge < -0.3 is 4.90 Å². The van der Waals surface area contributed by atoms with Gasteiger partial charge in [0, 0.05) is 24.0 Å². The largest absolute Gasteiger partial charge is 0.354 e. The first kappa shape index (κ1) is 14.3. The van der Waals surface area contributed by atoms with Gasteiger partial charge in [-0.15, -0.1) is 22.9 Å². The number of nitrogens with zero attached hydrogens (tertiary/aromatic N) is 3. The van der Waals surface area contributed by atoms with Gasteiger partial charge in [0.15, 0.2) is 0 Å². The Morgan fingerprint density at radius 3 is 2.74 bits per heavy atom. The normalized spacial score (nSPS) is 11.0. The minimum Gasteiger partial charge on any atom is -0.354 e. The predicted molar refractivity (Wildman–Crippen MR) is 82.1 cm³/mol. The first-order valence-electron chi connectivity index (χ1n) is 6.25. The average molecular weight is 296 g/mol. The minimum atomic E-state index is 0.398. The molecular formula is C14H18ClN3S. The van der Waals surface area contributed by atoms with Gasteiger partial charge in [-0.2, -0.15) is 0 Å². The average Bonchev–Trinajstić information content (AvgIpc) is 2.90. The smallest absolute Gasteiger partial charge is 0.129 e. The molecule has 102 valence electrons. The van der Waals surface area contributed by atoms with Crippen LogP contribution in [-0.4, -0.2) is 17.0 Å². The van der Waals surface area contributed by atoms with Crippen molar-refractivity contribution >= 4 is 28.8 Å². The van der Waals surface area contributed by atoms with Crippen LogP contribution >= 0.6 is 22.9 Å². The van der Waals surface area contributed by atoms with Gasteiger partial charge >= 0.3 is 0 Å². The molecule has 0 saturated heterocycles. The zero-order valence-corrected chi connectivity index (χ0v) is 13.0. The molecule has 5 heteroatoms. The van der Waals surface area contributed by atoms with Crippen molar-refractivity contribution in [2.75, 3.05) is 11.9 Å². The summed E-state index contributed by atoms with van der Waals surface area (Å²) in [5, 5.41) is 2.06. The second-order valence-electron chi connectivity index (χ2n) is 4.88. The molecule has 0 radical (unpaired) electrons. The molecule has 0 fully saturated rings. The summed E-state index contributed by atoms with van der Waals surface area (Å²) >= 11 is 7.58. The standard InChI is InChI=1S/C14H18ClN3S/c1-10(2)13-4-11(6-15)5-14(17-13)18(3)7-12-8-19-9-16-12/h4-5,8-10H,6-7H2,1-3H3. The van der Waals surface area contributed by atoms with Gasteiger partial charge in [0.05, 0.1) is 17.7 Å². The lowest BCUT2D eigenvalue weighted by molar-refractivity contribution is 0.799. The van der Waals surface area contributed by atoms with E-state index in [1.165, 1.54) is 0 Å². The second-order valence-corrected chi connectivity index (χ2v) is 5.87. The number of alkyl halides is 1. The van der Waals surface area contributed by atoms with E-state index < -0.39 is 0 Å². The Morgan fingerprint density at radius 2 is 2.16 bits per heavy atom. The number of hydrogen-bond acceptors (Lipinski definition) is 4. The minimum absolute atomic E-state index is 0.398. The first-order valence-corrected chi connectivity index (χ1v) is 7.73. The van der Waals surface area contributed by atoms with Gasteiger partial charge in [-0.05, 0) is 23.6 Å². The van der Waals surface area contributed by atoms with E-state index in [0.29, 0.717) is 11.8 Å². The molecule has 0 unspecified atom stereocenters. The zero-order valence-electron chi connectivity index (χ0n) is 11.4. The molecule has 2 aromatic heterocycles. The maximum absolute atomic E-state index is 5.97. The Kier molecular flexibility index (Phi) is 4.77. The maximum atomic E-state index is 5.97. The van der Waals surface area contributed by atoms with E-state index in [2.05, 4.69) is 35.2 Å². The van der Waals surface area contributed by atoms with E-state index in [0.717, 1.165) is 29.3 Å². The second kappa shape index (κ2) is 6.35. The van der Waals surface area contributed by atoms with Crippen molar-refractivity contribution in [3.8, 4) is 0 Å². The molecule has 0 atom stereocenters. The summed E-state index contributed by atoms with van der Waals surface area (Å²) in [6, 6.07) is 4.13. The summed E-state index contributed by atoms with van der Waals surface area (Å²) < 4.78 is 0. The summed E-state index contributed by atoms with van der Waals surface area (Å²) in [6.07, 6.45) is 0. The SMILES string of the molecule is CC(C)c1cc(CCl)cc(N(C)Cc2cscn2)n1. The van der Waals surface area contributed by atoms with Crippen molar-refractivity contribution in [3.05, 3.63) is 40.0 Å². The summed E-state index contributed by atoms with van der Waals surface area (Å²) in [4.78, 5) is 11.1. The number of aromatic nitrogens is 2. The van der Waals surface area contributed by atoms with Crippen LogP contribution in [0.4, 0.5) is 5.82 Å². The molecule has 0 spiro atoms.